The van der Waals surface area contributed by atoms with Crippen molar-refractivity contribution in [2.75, 3.05) is 0 Å². The SMILES string of the molecule is [C-]#[N+][C@H](CCC)N1C(=O)[C@@H](CC=C)O[C@H](c2cccc(Cl)c2)[C@@H]1c1ccc(Cl)cc1. The number of benzene rings is 2. The van der Waals surface area contributed by atoms with Crippen LogP contribution in [0.4, 0.5) is 0 Å². The maximum atomic E-state index is 13.4. The van der Waals surface area contributed by atoms with Crippen molar-refractivity contribution in [3.05, 3.63) is 93.8 Å². The van der Waals surface area contributed by atoms with Gasteiger partial charge in [0.25, 0.3) is 5.91 Å². The molecule has 0 spiro atoms. The Labute approximate surface area is 187 Å². The molecule has 2 aromatic carbocycles. The van der Waals surface area contributed by atoms with E-state index in [4.69, 9.17) is 34.5 Å². The molecule has 3 rings (SSSR count). The molecule has 1 heterocycles. The Morgan fingerprint density at radius 2 is 1.93 bits per heavy atom. The van der Waals surface area contributed by atoms with E-state index < -0.39 is 24.4 Å². The second-order valence-corrected chi connectivity index (χ2v) is 8.14. The minimum atomic E-state index is -0.698. The van der Waals surface area contributed by atoms with Gasteiger partial charge in [0.05, 0.1) is 6.04 Å². The van der Waals surface area contributed by atoms with Crippen molar-refractivity contribution >= 4 is 29.1 Å². The van der Waals surface area contributed by atoms with E-state index >= 15 is 0 Å². The molecule has 1 aliphatic rings. The number of carbonyl (C=O) groups is 1. The molecule has 0 aromatic heterocycles. The summed E-state index contributed by atoms with van der Waals surface area (Å²) in [5.41, 5.74) is 1.72. The number of rotatable bonds is 7. The van der Waals surface area contributed by atoms with E-state index in [0.29, 0.717) is 22.9 Å². The number of halogens is 2. The lowest BCUT2D eigenvalue weighted by atomic mass is 9.90. The third-order valence-electron chi connectivity index (χ3n) is 5.21. The molecule has 0 bridgehead atoms. The summed E-state index contributed by atoms with van der Waals surface area (Å²) in [6.45, 7) is 13.6. The number of hydrogen-bond donors (Lipinski definition) is 0. The van der Waals surface area contributed by atoms with Gasteiger partial charge < -0.3 is 4.74 Å². The van der Waals surface area contributed by atoms with Crippen LogP contribution in [0, 0.1) is 6.57 Å². The summed E-state index contributed by atoms with van der Waals surface area (Å²) in [5.74, 6) is -0.192. The predicted molar refractivity (Wildman–Crippen MR) is 120 cm³/mol. The molecule has 2 aromatic rings. The van der Waals surface area contributed by atoms with E-state index in [0.717, 1.165) is 17.5 Å². The molecule has 4 nitrogen and oxygen atoms in total. The van der Waals surface area contributed by atoms with Gasteiger partial charge in [0.1, 0.15) is 12.2 Å². The van der Waals surface area contributed by atoms with E-state index in [2.05, 4.69) is 11.4 Å². The maximum Gasteiger partial charge on any atom is 0.301 e. The average Bonchev–Trinajstić information content (AvgIpc) is 2.74. The molecule has 0 unspecified atom stereocenters. The predicted octanol–water partition coefficient (Wildman–Crippen LogP) is 6.62. The first-order valence-electron chi connectivity index (χ1n) is 9.96. The van der Waals surface area contributed by atoms with E-state index in [9.17, 15) is 4.79 Å². The summed E-state index contributed by atoms with van der Waals surface area (Å²) in [5, 5.41) is 1.19. The zero-order valence-electron chi connectivity index (χ0n) is 16.8. The molecule has 30 heavy (non-hydrogen) atoms. The van der Waals surface area contributed by atoms with Crippen LogP contribution >= 0.6 is 23.2 Å². The standard InChI is InChI=1S/C24H24Cl2N2O2/c1-4-7-20-24(29)28(21(27-3)8-5-2)22(16-11-13-18(25)14-12-16)23(30-20)17-9-6-10-19(26)15-17/h4,6,9-15,20-23H,1,5,7-8H2,2H3/t20-,21+,22+,23-/m1/s1. The van der Waals surface area contributed by atoms with E-state index in [1.54, 1.807) is 29.2 Å². The fraction of sp³-hybridized carbons (Fsp3) is 0.333. The van der Waals surface area contributed by atoms with Crippen molar-refractivity contribution in [2.45, 2.75) is 50.6 Å². The Morgan fingerprint density at radius 1 is 1.20 bits per heavy atom. The highest BCUT2D eigenvalue weighted by Gasteiger charge is 2.48. The fourth-order valence-electron chi connectivity index (χ4n) is 3.86. The quantitative estimate of drug-likeness (QED) is 0.356. The molecular weight excluding hydrogens is 419 g/mol. The highest BCUT2D eigenvalue weighted by Crippen LogP contribution is 2.44. The van der Waals surface area contributed by atoms with Crippen molar-refractivity contribution in [1.29, 1.82) is 0 Å². The lowest BCUT2D eigenvalue weighted by molar-refractivity contribution is -0.177. The van der Waals surface area contributed by atoms with Crippen LogP contribution in [0.3, 0.4) is 0 Å². The Bertz CT molecular complexity index is 939. The first kappa shape index (κ1) is 22.4. The highest BCUT2D eigenvalue weighted by atomic mass is 35.5. The van der Waals surface area contributed by atoms with Gasteiger partial charge in [-0.1, -0.05) is 60.5 Å². The number of hydrogen-bond acceptors (Lipinski definition) is 2. The molecule has 156 valence electrons. The molecule has 1 fully saturated rings. The summed E-state index contributed by atoms with van der Waals surface area (Å²) in [6, 6.07) is 14.3. The lowest BCUT2D eigenvalue weighted by Gasteiger charge is -2.44. The second-order valence-electron chi connectivity index (χ2n) is 7.26. The van der Waals surface area contributed by atoms with E-state index in [1.807, 2.05) is 37.3 Å². The summed E-state index contributed by atoms with van der Waals surface area (Å²) in [7, 11) is 0. The van der Waals surface area contributed by atoms with Crippen LogP contribution < -0.4 is 0 Å². The van der Waals surface area contributed by atoms with Crippen molar-refractivity contribution in [3.8, 4) is 0 Å². The first-order chi connectivity index (χ1) is 14.5. The molecule has 0 N–H and O–H groups in total. The van der Waals surface area contributed by atoms with Gasteiger partial charge in [0.2, 0.25) is 0 Å². The number of nitrogens with zero attached hydrogens (tertiary/aromatic N) is 2. The van der Waals surface area contributed by atoms with Crippen molar-refractivity contribution in [1.82, 2.24) is 4.90 Å². The van der Waals surface area contributed by atoms with Crippen molar-refractivity contribution < 1.29 is 9.53 Å². The van der Waals surface area contributed by atoms with Gasteiger partial charge in [-0.2, -0.15) is 0 Å². The summed E-state index contributed by atoms with van der Waals surface area (Å²) >= 11 is 12.4. The van der Waals surface area contributed by atoms with Gasteiger partial charge in [-0.05, 0) is 41.8 Å². The molecule has 4 atom stereocenters. The van der Waals surface area contributed by atoms with Crippen LogP contribution in [-0.4, -0.2) is 23.1 Å². The largest absolute Gasteiger partial charge is 0.358 e. The third-order valence-corrected chi connectivity index (χ3v) is 5.70. The van der Waals surface area contributed by atoms with Crippen molar-refractivity contribution in [3.63, 3.8) is 0 Å². The molecule has 0 aliphatic carbocycles. The zero-order valence-corrected chi connectivity index (χ0v) is 18.3. The second kappa shape index (κ2) is 10.1. The number of amides is 1. The molecule has 1 aliphatic heterocycles. The smallest absolute Gasteiger partial charge is 0.301 e. The molecular formula is C24H24Cl2N2O2. The molecule has 6 heteroatoms. The van der Waals surface area contributed by atoms with Crippen LogP contribution in [0.2, 0.25) is 10.0 Å². The molecule has 0 saturated carbocycles. The highest BCUT2D eigenvalue weighted by molar-refractivity contribution is 6.30. The number of ether oxygens (including phenoxy) is 1. The third kappa shape index (κ3) is 4.70. The Kier molecular flexibility index (Phi) is 7.55. The summed E-state index contributed by atoms with van der Waals surface area (Å²) in [4.78, 5) is 18.9. The van der Waals surface area contributed by atoms with Gasteiger partial charge in [-0.3, -0.25) is 14.5 Å². The minimum absolute atomic E-state index is 0.192. The van der Waals surface area contributed by atoms with Gasteiger partial charge in [0, 0.05) is 22.9 Å². The van der Waals surface area contributed by atoms with Crippen LogP contribution in [0.25, 0.3) is 4.85 Å². The maximum absolute atomic E-state index is 13.4. The normalized spacial score (nSPS) is 22.4. The lowest BCUT2D eigenvalue weighted by Crippen LogP contribution is -2.53. The average molecular weight is 443 g/mol. The molecule has 1 saturated heterocycles. The Morgan fingerprint density at radius 3 is 2.53 bits per heavy atom. The van der Waals surface area contributed by atoms with Gasteiger partial charge >= 0.3 is 6.17 Å². The van der Waals surface area contributed by atoms with Crippen LogP contribution in [-0.2, 0) is 9.53 Å². The van der Waals surface area contributed by atoms with Crippen LogP contribution in [0.5, 0.6) is 0 Å². The monoisotopic (exact) mass is 442 g/mol. The molecule has 0 radical (unpaired) electrons. The van der Waals surface area contributed by atoms with Crippen LogP contribution in [0.15, 0.2) is 61.2 Å². The van der Waals surface area contributed by atoms with Gasteiger partial charge in [-0.25, -0.2) is 6.57 Å². The van der Waals surface area contributed by atoms with Crippen LogP contribution in [0.1, 0.15) is 49.5 Å². The summed E-state index contributed by atoms with van der Waals surface area (Å²) < 4.78 is 6.32. The van der Waals surface area contributed by atoms with Crippen molar-refractivity contribution in [2.24, 2.45) is 0 Å². The van der Waals surface area contributed by atoms with E-state index in [1.165, 1.54) is 0 Å². The summed E-state index contributed by atoms with van der Waals surface area (Å²) in [6.07, 6.45) is 1.66. The molecule has 1 amide bonds. The van der Waals surface area contributed by atoms with E-state index in [-0.39, 0.29) is 5.91 Å². The number of carbonyl (C=O) groups excluding carboxylic acids is 1. The van der Waals surface area contributed by atoms with Gasteiger partial charge in [0.15, 0.2) is 0 Å². The Balaban J connectivity index is 2.17. The minimum Gasteiger partial charge on any atom is -0.358 e. The first-order valence-corrected chi connectivity index (χ1v) is 10.7. The fourth-order valence-corrected chi connectivity index (χ4v) is 4.19. The zero-order chi connectivity index (χ0) is 21.7. The topological polar surface area (TPSA) is 33.9 Å². The number of morpholine rings is 1. The Hall–Kier alpha value is -2.32. The van der Waals surface area contributed by atoms with Gasteiger partial charge in [-0.15, -0.1) is 6.58 Å².